The second kappa shape index (κ2) is 5.57. The highest BCUT2D eigenvalue weighted by atomic mass is 35.5. The van der Waals surface area contributed by atoms with E-state index in [4.69, 9.17) is 21.1 Å². The number of hydrogen-bond donors (Lipinski definition) is 1. The van der Waals surface area contributed by atoms with E-state index in [0.29, 0.717) is 30.0 Å². The first kappa shape index (κ1) is 13.0. The molecule has 2 aliphatic rings. The molecule has 0 aliphatic carbocycles. The van der Waals surface area contributed by atoms with Gasteiger partial charge in [0.1, 0.15) is 13.2 Å². The number of fused-ring (bicyclic) bond motifs is 1. The van der Waals surface area contributed by atoms with E-state index in [1.54, 1.807) is 0 Å². The molecule has 0 amide bonds. The molecule has 0 aromatic heterocycles. The minimum Gasteiger partial charge on any atom is -0.486 e. The lowest BCUT2D eigenvalue weighted by Gasteiger charge is -2.34. The molecule has 1 aromatic rings. The number of piperazine rings is 1. The molecule has 1 aromatic carbocycles. The molecule has 19 heavy (non-hydrogen) atoms. The molecule has 1 saturated heterocycles. The van der Waals surface area contributed by atoms with E-state index in [1.165, 1.54) is 5.56 Å². The Balaban J connectivity index is 1.79. The van der Waals surface area contributed by atoms with Gasteiger partial charge in [-0.2, -0.15) is 0 Å². The van der Waals surface area contributed by atoms with Gasteiger partial charge in [0.25, 0.3) is 0 Å². The summed E-state index contributed by atoms with van der Waals surface area (Å²) in [5.74, 6) is 1.46. The van der Waals surface area contributed by atoms with Gasteiger partial charge in [-0.05, 0) is 24.6 Å². The van der Waals surface area contributed by atoms with Crippen LogP contribution in [0.1, 0.15) is 12.5 Å². The zero-order valence-electron chi connectivity index (χ0n) is 11.1. The van der Waals surface area contributed by atoms with Crippen LogP contribution in [0.4, 0.5) is 0 Å². The van der Waals surface area contributed by atoms with Crippen molar-refractivity contribution in [3.63, 3.8) is 0 Å². The van der Waals surface area contributed by atoms with Crippen molar-refractivity contribution in [2.24, 2.45) is 0 Å². The summed E-state index contributed by atoms with van der Waals surface area (Å²) in [6, 6.07) is 4.58. The molecule has 5 heteroatoms. The Morgan fingerprint density at radius 1 is 1.37 bits per heavy atom. The number of rotatable bonds is 2. The molecular weight excluding hydrogens is 264 g/mol. The summed E-state index contributed by atoms with van der Waals surface area (Å²) < 4.78 is 11.2. The Bertz CT molecular complexity index is 467. The van der Waals surface area contributed by atoms with E-state index in [-0.39, 0.29) is 0 Å². The average molecular weight is 283 g/mol. The fourth-order valence-corrected chi connectivity index (χ4v) is 2.90. The maximum absolute atomic E-state index is 6.27. The van der Waals surface area contributed by atoms with Crippen LogP contribution >= 0.6 is 11.6 Å². The summed E-state index contributed by atoms with van der Waals surface area (Å²) in [7, 11) is 0. The smallest absolute Gasteiger partial charge is 0.179 e. The standard InChI is InChI=1S/C14H19ClN2O2/c1-10-8-16-2-3-17(10)9-11-6-12(15)14-13(7-11)18-4-5-19-14/h6-7,10,16H,2-5,8-9H2,1H3. The van der Waals surface area contributed by atoms with Crippen LogP contribution in [0, 0.1) is 0 Å². The zero-order chi connectivity index (χ0) is 13.2. The maximum atomic E-state index is 6.27. The van der Waals surface area contributed by atoms with E-state index in [0.717, 1.165) is 31.9 Å². The van der Waals surface area contributed by atoms with Crippen LogP contribution in [0.15, 0.2) is 12.1 Å². The lowest BCUT2D eigenvalue weighted by molar-refractivity contribution is 0.161. The molecule has 0 saturated carbocycles. The molecule has 2 aliphatic heterocycles. The van der Waals surface area contributed by atoms with Crippen LogP contribution in [0.2, 0.25) is 5.02 Å². The number of benzene rings is 1. The Hall–Kier alpha value is -0.970. The molecular formula is C14H19ClN2O2. The second-order valence-electron chi connectivity index (χ2n) is 5.13. The number of hydrogen-bond acceptors (Lipinski definition) is 4. The van der Waals surface area contributed by atoms with Gasteiger partial charge in [0, 0.05) is 32.2 Å². The molecule has 0 spiro atoms. The van der Waals surface area contributed by atoms with Crippen molar-refractivity contribution in [2.75, 3.05) is 32.8 Å². The van der Waals surface area contributed by atoms with Crippen molar-refractivity contribution in [1.82, 2.24) is 10.2 Å². The molecule has 104 valence electrons. The fourth-order valence-electron chi connectivity index (χ4n) is 2.61. The van der Waals surface area contributed by atoms with Crippen LogP contribution in [0.5, 0.6) is 11.5 Å². The summed E-state index contributed by atoms with van der Waals surface area (Å²) in [5, 5.41) is 4.05. The molecule has 1 unspecified atom stereocenters. The molecule has 1 fully saturated rings. The van der Waals surface area contributed by atoms with Crippen molar-refractivity contribution in [3.8, 4) is 11.5 Å². The molecule has 4 nitrogen and oxygen atoms in total. The van der Waals surface area contributed by atoms with Gasteiger partial charge in [-0.1, -0.05) is 11.6 Å². The number of nitrogens with zero attached hydrogens (tertiary/aromatic N) is 1. The van der Waals surface area contributed by atoms with Gasteiger partial charge in [0.2, 0.25) is 0 Å². The number of halogens is 1. The highest BCUT2D eigenvalue weighted by Crippen LogP contribution is 2.38. The average Bonchev–Trinajstić information content (AvgIpc) is 2.42. The third-order valence-electron chi connectivity index (χ3n) is 3.68. The highest BCUT2D eigenvalue weighted by Gasteiger charge is 2.21. The minimum atomic E-state index is 0.542. The van der Waals surface area contributed by atoms with Gasteiger partial charge in [0.15, 0.2) is 11.5 Å². The van der Waals surface area contributed by atoms with Crippen molar-refractivity contribution in [2.45, 2.75) is 19.5 Å². The first-order valence-corrected chi connectivity index (χ1v) is 7.14. The molecule has 0 bridgehead atoms. The van der Waals surface area contributed by atoms with Crippen molar-refractivity contribution < 1.29 is 9.47 Å². The molecule has 2 heterocycles. The molecule has 1 atom stereocenters. The van der Waals surface area contributed by atoms with E-state index in [1.807, 2.05) is 6.07 Å². The first-order valence-electron chi connectivity index (χ1n) is 6.77. The van der Waals surface area contributed by atoms with Crippen molar-refractivity contribution in [1.29, 1.82) is 0 Å². The van der Waals surface area contributed by atoms with Crippen molar-refractivity contribution in [3.05, 3.63) is 22.7 Å². The van der Waals surface area contributed by atoms with Crippen LogP contribution in [-0.2, 0) is 6.54 Å². The SMILES string of the molecule is CC1CNCCN1Cc1cc(Cl)c2c(c1)OCCO2. The summed E-state index contributed by atoms with van der Waals surface area (Å²) in [6.07, 6.45) is 0. The van der Waals surface area contributed by atoms with E-state index in [9.17, 15) is 0 Å². The summed E-state index contributed by atoms with van der Waals surface area (Å²) in [6.45, 7) is 7.46. The number of nitrogens with one attached hydrogen (secondary N) is 1. The summed E-state index contributed by atoms with van der Waals surface area (Å²) in [4.78, 5) is 2.46. The first-order chi connectivity index (χ1) is 9.24. The molecule has 0 radical (unpaired) electrons. The highest BCUT2D eigenvalue weighted by molar-refractivity contribution is 6.32. The van der Waals surface area contributed by atoms with Gasteiger partial charge in [-0.15, -0.1) is 0 Å². The lowest BCUT2D eigenvalue weighted by atomic mass is 10.1. The Kier molecular flexibility index (Phi) is 3.82. The lowest BCUT2D eigenvalue weighted by Crippen LogP contribution is -2.49. The van der Waals surface area contributed by atoms with Gasteiger partial charge in [0.05, 0.1) is 5.02 Å². The molecule has 3 rings (SSSR count). The van der Waals surface area contributed by atoms with Crippen LogP contribution in [-0.4, -0.2) is 43.8 Å². The van der Waals surface area contributed by atoms with E-state index in [2.05, 4.69) is 23.2 Å². The predicted octanol–water partition coefficient (Wildman–Crippen LogP) is 1.90. The zero-order valence-corrected chi connectivity index (χ0v) is 11.9. The largest absolute Gasteiger partial charge is 0.486 e. The quantitative estimate of drug-likeness (QED) is 0.898. The monoisotopic (exact) mass is 282 g/mol. The van der Waals surface area contributed by atoms with Crippen LogP contribution in [0.3, 0.4) is 0 Å². The normalized spacial score (nSPS) is 23.4. The van der Waals surface area contributed by atoms with E-state index >= 15 is 0 Å². The summed E-state index contributed by atoms with van der Waals surface area (Å²) >= 11 is 6.27. The van der Waals surface area contributed by atoms with Gasteiger partial charge in [-0.25, -0.2) is 0 Å². The minimum absolute atomic E-state index is 0.542. The maximum Gasteiger partial charge on any atom is 0.179 e. The third-order valence-corrected chi connectivity index (χ3v) is 3.96. The Morgan fingerprint density at radius 2 is 2.21 bits per heavy atom. The van der Waals surface area contributed by atoms with E-state index < -0.39 is 0 Å². The van der Waals surface area contributed by atoms with Gasteiger partial charge >= 0.3 is 0 Å². The van der Waals surface area contributed by atoms with Crippen molar-refractivity contribution >= 4 is 11.6 Å². The third kappa shape index (κ3) is 2.81. The predicted molar refractivity (Wildman–Crippen MR) is 75.2 cm³/mol. The summed E-state index contributed by atoms with van der Waals surface area (Å²) in [5.41, 5.74) is 1.18. The number of ether oxygens (including phenoxy) is 2. The Morgan fingerprint density at radius 3 is 3.05 bits per heavy atom. The van der Waals surface area contributed by atoms with Crippen LogP contribution < -0.4 is 14.8 Å². The Labute approximate surface area is 118 Å². The molecule has 1 N–H and O–H groups in total. The second-order valence-corrected chi connectivity index (χ2v) is 5.53. The van der Waals surface area contributed by atoms with Gasteiger partial charge < -0.3 is 14.8 Å². The fraction of sp³-hybridized carbons (Fsp3) is 0.571. The van der Waals surface area contributed by atoms with Gasteiger partial charge in [-0.3, -0.25) is 4.90 Å². The van der Waals surface area contributed by atoms with Crippen LogP contribution in [0.25, 0.3) is 0 Å². The topological polar surface area (TPSA) is 33.7 Å².